The lowest BCUT2D eigenvalue weighted by molar-refractivity contribution is 0.547. The van der Waals surface area contributed by atoms with E-state index >= 15 is 0 Å². The van der Waals surface area contributed by atoms with Gasteiger partial charge in [0.25, 0.3) is 0 Å². The normalized spacial score (nSPS) is 11.5. The van der Waals surface area contributed by atoms with Crippen LogP contribution in [0.2, 0.25) is 0 Å². The summed E-state index contributed by atoms with van der Waals surface area (Å²) >= 11 is 3.62. The summed E-state index contributed by atoms with van der Waals surface area (Å²) in [6.07, 6.45) is 4.56. The van der Waals surface area contributed by atoms with Crippen LogP contribution in [0, 0.1) is 0 Å². The third-order valence-corrected chi connectivity index (χ3v) is 4.36. The van der Waals surface area contributed by atoms with Gasteiger partial charge in [0.1, 0.15) is 0 Å². The van der Waals surface area contributed by atoms with Gasteiger partial charge in [-0.05, 0) is 43.1 Å². The number of nitrogens with zero attached hydrogens (tertiary/aromatic N) is 4. The fraction of sp³-hybridized carbons (Fsp3) is 0.571. The van der Waals surface area contributed by atoms with Crippen LogP contribution in [0.25, 0.3) is 0 Å². The summed E-state index contributed by atoms with van der Waals surface area (Å²) in [5.41, 5.74) is 2.11. The van der Waals surface area contributed by atoms with E-state index < -0.39 is 0 Å². The first kappa shape index (κ1) is 15.1. The zero-order valence-corrected chi connectivity index (χ0v) is 14.0. The molecule has 0 aliphatic heterocycles. The lowest BCUT2D eigenvalue weighted by Crippen LogP contribution is -2.26. The molecule has 0 atom stereocenters. The van der Waals surface area contributed by atoms with Gasteiger partial charge in [0.15, 0.2) is 0 Å². The van der Waals surface area contributed by atoms with E-state index in [-0.39, 0.29) is 11.7 Å². The molecule has 20 heavy (non-hydrogen) atoms. The average molecular weight is 341 g/mol. The minimum atomic E-state index is 0.0220. The van der Waals surface area contributed by atoms with E-state index in [4.69, 9.17) is 0 Å². The third-order valence-electron chi connectivity index (χ3n) is 3.44. The summed E-state index contributed by atoms with van der Waals surface area (Å²) in [4.78, 5) is 12.3. The Morgan fingerprint density at radius 2 is 2.00 bits per heavy atom. The maximum absolute atomic E-state index is 12.3. The zero-order chi connectivity index (χ0) is 14.9. The number of aromatic nitrogens is 4. The second kappa shape index (κ2) is 5.99. The van der Waals surface area contributed by atoms with Gasteiger partial charge in [0.2, 0.25) is 0 Å². The molecule has 0 fully saturated rings. The molecule has 2 aromatic heterocycles. The molecule has 0 spiro atoms. The van der Waals surface area contributed by atoms with Gasteiger partial charge >= 0.3 is 5.69 Å². The predicted molar refractivity (Wildman–Crippen MR) is 83.2 cm³/mol. The van der Waals surface area contributed by atoms with Gasteiger partial charge in [0, 0.05) is 25.0 Å². The standard InChI is InChI=1S/C14H21BrN4O/c1-5-11-13(15)12(19(6-2)16-11)9-17-7-8-18(10(3)4)14(17)20/h7-8,10H,5-6,9H2,1-4H3. The second-order valence-electron chi connectivity index (χ2n) is 5.09. The van der Waals surface area contributed by atoms with Gasteiger partial charge in [-0.3, -0.25) is 13.8 Å². The van der Waals surface area contributed by atoms with E-state index in [0.717, 1.165) is 28.8 Å². The Balaban J connectivity index is 2.40. The molecule has 0 saturated heterocycles. The highest BCUT2D eigenvalue weighted by Gasteiger charge is 2.16. The van der Waals surface area contributed by atoms with E-state index in [1.165, 1.54) is 0 Å². The van der Waals surface area contributed by atoms with Crippen molar-refractivity contribution in [2.24, 2.45) is 0 Å². The molecule has 110 valence electrons. The van der Waals surface area contributed by atoms with Crippen LogP contribution in [0.1, 0.15) is 45.1 Å². The molecule has 2 heterocycles. The number of halogens is 1. The zero-order valence-electron chi connectivity index (χ0n) is 12.4. The fourth-order valence-corrected chi connectivity index (χ4v) is 2.96. The Kier molecular flexibility index (Phi) is 4.52. The molecule has 6 heteroatoms. The Morgan fingerprint density at radius 1 is 1.30 bits per heavy atom. The monoisotopic (exact) mass is 340 g/mol. The number of aryl methyl sites for hydroxylation is 2. The maximum Gasteiger partial charge on any atom is 0.328 e. The molecule has 2 rings (SSSR count). The summed E-state index contributed by atoms with van der Waals surface area (Å²) in [6, 6.07) is 0.175. The molecule has 0 aliphatic rings. The van der Waals surface area contributed by atoms with Gasteiger partial charge in [-0.1, -0.05) is 6.92 Å². The van der Waals surface area contributed by atoms with E-state index in [2.05, 4.69) is 34.9 Å². The highest BCUT2D eigenvalue weighted by atomic mass is 79.9. The van der Waals surface area contributed by atoms with Crippen molar-refractivity contribution < 1.29 is 0 Å². The average Bonchev–Trinajstić information content (AvgIpc) is 2.93. The molecule has 5 nitrogen and oxygen atoms in total. The van der Waals surface area contributed by atoms with E-state index in [0.29, 0.717) is 6.54 Å². The molecule has 0 N–H and O–H groups in total. The number of hydrogen-bond acceptors (Lipinski definition) is 2. The molecule has 0 saturated carbocycles. The highest BCUT2D eigenvalue weighted by molar-refractivity contribution is 9.10. The quantitative estimate of drug-likeness (QED) is 0.839. The Labute approximate surface area is 127 Å². The lowest BCUT2D eigenvalue weighted by atomic mass is 10.3. The lowest BCUT2D eigenvalue weighted by Gasteiger charge is -2.07. The second-order valence-corrected chi connectivity index (χ2v) is 5.88. The summed E-state index contributed by atoms with van der Waals surface area (Å²) in [5, 5.41) is 4.56. The molecule has 0 aromatic carbocycles. The minimum Gasteiger partial charge on any atom is -0.297 e. The molecular weight excluding hydrogens is 320 g/mol. The van der Waals surface area contributed by atoms with Gasteiger partial charge in [-0.25, -0.2) is 4.79 Å². The SMILES string of the molecule is CCc1nn(CC)c(Cn2ccn(C(C)C)c2=O)c1Br. The first-order chi connectivity index (χ1) is 9.49. The Hall–Kier alpha value is -1.30. The fourth-order valence-electron chi connectivity index (χ4n) is 2.27. The van der Waals surface area contributed by atoms with Crippen LogP contribution >= 0.6 is 15.9 Å². The third kappa shape index (κ3) is 2.61. The van der Waals surface area contributed by atoms with Crippen LogP contribution in [-0.2, 0) is 19.5 Å². The Morgan fingerprint density at radius 3 is 2.50 bits per heavy atom. The van der Waals surface area contributed by atoms with Crippen LogP contribution in [-0.4, -0.2) is 18.9 Å². The van der Waals surface area contributed by atoms with Gasteiger partial charge in [-0.2, -0.15) is 5.10 Å². The summed E-state index contributed by atoms with van der Waals surface area (Å²) in [5.74, 6) is 0. The molecular formula is C14H21BrN4O. The topological polar surface area (TPSA) is 44.8 Å². The summed E-state index contributed by atoms with van der Waals surface area (Å²) in [7, 11) is 0. The largest absolute Gasteiger partial charge is 0.328 e. The summed E-state index contributed by atoms with van der Waals surface area (Å²) in [6.45, 7) is 9.50. The van der Waals surface area contributed by atoms with Crippen molar-refractivity contribution in [2.75, 3.05) is 0 Å². The van der Waals surface area contributed by atoms with Gasteiger partial charge < -0.3 is 0 Å². The van der Waals surface area contributed by atoms with Crippen LogP contribution in [0.15, 0.2) is 21.7 Å². The maximum atomic E-state index is 12.3. The molecule has 0 aliphatic carbocycles. The van der Waals surface area contributed by atoms with Crippen molar-refractivity contribution in [1.82, 2.24) is 18.9 Å². The van der Waals surface area contributed by atoms with E-state index in [1.54, 1.807) is 9.13 Å². The first-order valence-corrected chi connectivity index (χ1v) is 7.80. The molecule has 0 amide bonds. The predicted octanol–water partition coefficient (Wildman–Crippen LogP) is 2.82. The van der Waals surface area contributed by atoms with E-state index in [9.17, 15) is 4.79 Å². The van der Waals surface area contributed by atoms with Crippen molar-refractivity contribution >= 4 is 15.9 Å². The van der Waals surface area contributed by atoms with Crippen LogP contribution in [0.3, 0.4) is 0 Å². The van der Waals surface area contributed by atoms with Crippen LogP contribution in [0.5, 0.6) is 0 Å². The number of imidazole rings is 1. The van der Waals surface area contributed by atoms with Gasteiger partial charge in [-0.15, -0.1) is 0 Å². The molecule has 2 aromatic rings. The highest BCUT2D eigenvalue weighted by Crippen LogP contribution is 2.22. The van der Waals surface area contributed by atoms with E-state index in [1.807, 2.05) is 30.9 Å². The first-order valence-electron chi connectivity index (χ1n) is 7.00. The van der Waals surface area contributed by atoms with Crippen molar-refractivity contribution in [3.8, 4) is 0 Å². The van der Waals surface area contributed by atoms with Crippen molar-refractivity contribution in [3.05, 3.63) is 38.7 Å². The molecule has 0 bridgehead atoms. The molecule has 0 unspecified atom stereocenters. The van der Waals surface area contributed by atoms with Crippen molar-refractivity contribution in [3.63, 3.8) is 0 Å². The summed E-state index contributed by atoms with van der Waals surface area (Å²) < 4.78 is 6.45. The van der Waals surface area contributed by atoms with Crippen molar-refractivity contribution in [1.29, 1.82) is 0 Å². The van der Waals surface area contributed by atoms with Crippen molar-refractivity contribution in [2.45, 2.75) is 53.2 Å². The smallest absolute Gasteiger partial charge is 0.297 e. The number of hydrogen-bond donors (Lipinski definition) is 0. The van der Waals surface area contributed by atoms with Crippen LogP contribution < -0.4 is 5.69 Å². The Bertz CT molecular complexity index is 651. The minimum absolute atomic E-state index is 0.0220. The van der Waals surface area contributed by atoms with Gasteiger partial charge in [0.05, 0.1) is 22.4 Å². The number of rotatable bonds is 5. The van der Waals surface area contributed by atoms with Crippen LogP contribution in [0.4, 0.5) is 0 Å². The molecule has 0 radical (unpaired) electrons.